The highest BCUT2D eigenvalue weighted by molar-refractivity contribution is 5.97. The lowest BCUT2D eigenvalue weighted by molar-refractivity contribution is -0.160. The molecule has 1 unspecified atom stereocenters. The van der Waals surface area contributed by atoms with Crippen molar-refractivity contribution in [3.8, 4) is 11.5 Å². The largest absolute Gasteiger partial charge is 0.454 e. The van der Waals surface area contributed by atoms with Gasteiger partial charge in [0, 0.05) is 29.6 Å². The molecule has 0 aliphatic carbocycles. The highest BCUT2D eigenvalue weighted by Gasteiger charge is 2.47. The van der Waals surface area contributed by atoms with Gasteiger partial charge in [0.25, 0.3) is 0 Å². The Labute approximate surface area is 214 Å². The lowest BCUT2D eigenvalue weighted by Crippen LogP contribution is -2.62. The number of fused-ring (bicyclic) bond motifs is 5. The fourth-order valence-corrected chi connectivity index (χ4v) is 6.09. The number of aromatic amines is 1. The molecule has 0 bridgehead atoms. The third kappa shape index (κ3) is 3.73. The first kappa shape index (κ1) is 22.0. The molecular weight excluding hydrogens is 466 g/mol. The molecule has 7 heteroatoms. The molecule has 7 nitrogen and oxygen atoms in total. The summed E-state index contributed by atoms with van der Waals surface area (Å²) >= 11 is 0. The Bertz CT molecular complexity index is 1510. The van der Waals surface area contributed by atoms with E-state index in [1.807, 2.05) is 53.4 Å². The number of amides is 2. The fraction of sp³-hybridized carbons (Fsp3) is 0.267. The second-order valence-corrected chi connectivity index (χ2v) is 10.0. The van der Waals surface area contributed by atoms with E-state index in [1.165, 1.54) is 5.56 Å². The number of para-hydroxylation sites is 1. The normalized spacial score (nSPS) is 20.3. The Morgan fingerprint density at radius 2 is 1.70 bits per heavy atom. The molecular formula is C30H27N3O4. The summed E-state index contributed by atoms with van der Waals surface area (Å²) in [6, 6.07) is 23.5. The summed E-state index contributed by atoms with van der Waals surface area (Å²) in [6.07, 6.45) is 2.09. The van der Waals surface area contributed by atoms with Crippen LogP contribution in [0.1, 0.15) is 34.8 Å². The van der Waals surface area contributed by atoms with Gasteiger partial charge in [-0.15, -0.1) is 0 Å². The number of hydrogen-bond acceptors (Lipinski definition) is 4. The summed E-state index contributed by atoms with van der Waals surface area (Å²) in [5.74, 6) is 1.37. The minimum absolute atomic E-state index is 0.00194. The van der Waals surface area contributed by atoms with Gasteiger partial charge < -0.3 is 24.3 Å². The number of carbonyl (C=O) groups is 2. The molecule has 2 amide bonds. The first-order valence-corrected chi connectivity index (χ1v) is 12.8. The molecule has 1 N–H and O–H groups in total. The molecule has 0 saturated carbocycles. The maximum absolute atomic E-state index is 13.9. The molecule has 0 spiro atoms. The summed E-state index contributed by atoms with van der Waals surface area (Å²) in [5.41, 5.74) is 5.42. The molecule has 37 heavy (non-hydrogen) atoms. The van der Waals surface area contributed by atoms with Crippen LogP contribution in [0.2, 0.25) is 0 Å². The molecule has 186 valence electrons. The molecule has 4 aromatic rings. The Hall–Kier alpha value is -4.26. The molecule has 0 radical (unpaired) electrons. The van der Waals surface area contributed by atoms with E-state index in [4.69, 9.17) is 9.47 Å². The standard InChI is InChI=1S/C30H27N3O4/c34-28-17-32(16-20-11-13-26-27(14-20)37-18-36-26)30(35)25-15-22-21-8-4-5-9-23(21)31-29(22)24(33(25)28)12-10-19-6-2-1-3-7-19/h1-9,11,13-14,24-25,31H,10,12,15-18H2/t24?,25-/m1/s1. The van der Waals surface area contributed by atoms with Gasteiger partial charge in [0.1, 0.15) is 12.6 Å². The minimum atomic E-state index is -0.511. The van der Waals surface area contributed by atoms with Crippen LogP contribution in [0.4, 0.5) is 0 Å². The fourth-order valence-electron chi connectivity index (χ4n) is 6.09. The van der Waals surface area contributed by atoms with Crippen LogP contribution in [0.25, 0.3) is 10.9 Å². The zero-order chi connectivity index (χ0) is 24.9. The Morgan fingerprint density at radius 3 is 2.59 bits per heavy atom. The van der Waals surface area contributed by atoms with Gasteiger partial charge in [-0.3, -0.25) is 9.59 Å². The van der Waals surface area contributed by atoms with Crippen LogP contribution in [0.15, 0.2) is 72.8 Å². The number of carbonyl (C=O) groups excluding carboxylic acids is 2. The second-order valence-electron chi connectivity index (χ2n) is 10.0. The number of rotatable bonds is 5. The maximum atomic E-state index is 13.9. The van der Waals surface area contributed by atoms with Crippen molar-refractivity contribution in [2.75, 3.05) is 13.3 Å². The van der Waals surface area contributed by atoms with E-state index in [1.54, 1.807) is 4.90 Å². The average molecular weight is 494 g/mol. The molecule has 1 saturated heterocycles. The van der Waals surface area contributed by atoms with Gasteiger partial charge in [-0.05, 0) is 47.7 Å². The van der Waals surface area contributed by atoms with Gasteiger partial charge in [0.2, 0.25) is 18.6 Å². The van der Waals surface area contributed by atoms with Crippen molar-refractivity contribution < 1.29 is 19.1 Å². The molecule has 3 aromatic carbocycles. The van der Waals surface area contributed by atoms with Crippen molar-refractivity contribution in [2.24, 2.45) is 0 Å². The van der Waals surface area contributed by atoms with Crippen molar-refractivity contribution in [3.05, 3.63) is 95.2 Å². The summed E-state index contributed by atoms with van der Waals surface area (Å²) < 4.78 is 10.9. The van der Waals surface area contributed by atoms with Crippen LogP contribution >= 0.6 is 0 Å². The summed E-state index contributed by atoms with van der Waals surface area (Å²) in [5, 5.41) is 1.13. The van der Waals surface area contributed by atoms with E-state index < -0.39 is 6.04 Å². The first-order valence-electron chi connectivity index (χ1n) is 12.8. The summed E-state index contributed by atoms with van der Waals surface area (Å²) in [7, 11) is 0. The van der Waals surface area contributed by atoms with Crippen LogP contribution in [-0.4, -0.2) is 46.0 Å². The van der Waals surface area contributed by atoms with E-state index in [-0.39, 0.29) is 31.2 Å². The van der Waals surface area contributed by atoms with E-state index in [2.05, 4.69) is 29.2 Å². The number of ether oxygens (including phenoxy) is 2. The number of H-pyrrole nitrogens is 1. The van der Waals surface area contributed by atoms with Gasteiger partial charge in [0.15, 0.2) is 11.5 Å². The van der Waals surface area contributed by atoms with Crippen LogP contribution < -0.4 is 9.47 Å². The van der Waals surface area contributed by atoms with Gasteiger partial charge in [-0.25, -0.2) is 0 Å². The number of aromatic nitrogens is 1. The molecule has 1 fully saturated rings. The monoisotopic (exact) mass is 493 g/mol. The molecule has 3 aliphatic heterocycles. The average Bonchev–Trinajstić information content (AvgIpc) is 3.54. The number of piperazine rings is 1. The first-order chi connectivity index (χ1) is 18.2. The van der Waals surface area contributed by atoms with E-state index in [0.717, 1.165) is 40.6 Å². The highest BCUT2D eigenvalue weighted by Crippen LogP contribution is 2.41. The SMILES string of the molecule is O=C1[C@H]2Cc3c([nH]c4ccccc34)C(CCc3ccccc3)N2C(=O)CN1Cc1ccc2c(c1)OCO2. The quantitative estimate of drug-likeness (QED) is 0.448. The Morgan fingerprint density at radius 1 is 0.892 bits per heavy atom. The van der Waals surface area contributed by atoms with Crippen LogP contribution in [0.5, 0.6) is 11.5 Å². The van der Waals surface area contributed by atoms with E-state index in [9.17, 15) is 9.59 Å². The minimum Gasteiger partial charge on any atom is -0.454 e. The van der Waals surface area contributed by atoms with Gasteiger partial charge >= 0.3 is 0 Å². The van der Waals surface area contributed by atoms with Crippen molar-refractivity contribution in [1.82, 2.24) is 14.8 Å². The van der Waals surface area contributed by atoms with E-state index in [0.29, 0.717) is 24.5 Å². The number of hydrogen-bond donors (Lipinski definition) is 1. The molecule has 3 aliphatic rings. The van der Waals surface area contributed by atoms with E-state index >= 15 is 0 Å². The highest BCUT2D eigenvalue weighted by atomic mass is 16.7. The maximum Gasteiger partial charge on any atom is 0.246 e. The van der Waals surface area contributed by atoms with Gasteiger partial charge in [-0.2, -0.15) is 0 Å². The molecule has 7 rings (SSSR count). The molecule has 1 aromatic heterocycles. The third-order valence-corrected chi connectivity index (χ3v) is 7.82. The number of aryl methyl sites for hydroxylation is 1. The Kier molecular flexibility index (Phi) is 5.16. The summed E-state index contributed by atoms with van der Waals surface area (Å²) in [4.78, 5) is 34.7. The van der Waals surface area contributed by atoms with Crippen molar-refractivity contribution in [1.29, 1.82) is 0 Å². The van der Waals surface area contributed by atoms with Crippen LogP contribution in [0, 0.1) is 0 Å². The summed E-state index contributed by atoms with van der Waals surface area (Å²) in [6.45, 7) is 0.635. The Balaban J connectivity index is 1.22. The van der Waals surface area contributed by atoms with Crippen molar-refractivity contribution in [2.45, 2.75) is 37.9 Å². The third-order valence-electron chi connectivity index (χ3n) is 7.82. The zero-order valence-electron chi connectivity index (χ0n) is 20.4. The van der Waals surface area contributed by atoms with Gasteiger partial charge in [0.05, 0.1) is 6.04 Å². The lowest BCUT2D eigenvalue weighted by Gasteiger charge is -2.47. The number of nitrogens with zero attached hydrogens (tertiary/aromatic N) is 2. The predicted octanol–water partition coefficient (Wildman–Crippen LogP) is 4.37. The predicted molar refractivity (Wildman–Crippen MR) is 138 cm³/mol. The number of nitrogens with one attached hydrogen (secondary N) is 1. The number of benzene rings is 3. The van der Waals surface area contributed by atoms with Crippen LogP contribution in [0.3, 0.4) is 0 Å². The molecule has 4 heterocycles. The molecule has 2 atom stereocenters. The smallest absolute Gasteiger partial charge is 0.246 e. The van der Waals surface area contributed by atoms with Gasteiger partial charge in [-0.1, -0.05) is 54.6 Å². The topological polar surface area (TPSA) is 74.9 Å². The zero-order valence-corrected chi connectivity index (χ0v) is 20.4. The van der Waals surface area contributed by atoms with Crippen LogP contribution in [-0.2, 0) is 29.0 Å². The van der Waals surface area contributed by atoms with Crippen molar-refractivity contribution in [3.63, 3.8) is 0 Å². The second kappa shape index (κ2) is 8.69. The van der Waals surface area contributed by atoms with Crippen molar-refractivity contribution >= 4 is 22.7 Å². The lowest BCUT2D eigenvalue weighted by atomic mass is 9.86.